The van der Waals surface area contributed by atoms with Crippen LogP contribution in [-0.2, 0) is 0 Å². The summed E-state index contributed by atoms with van der Waals surface area (Å²) in [6, 6.07) is 5.66. The van der Waals surface area contributed by atoms with E-state index >= 15 is 0 Å². The van der Waals surface area contributed by atoms with E-state index in [1.165, 1.54) is 23.9 Å². The molecule has 0 heterocycles. The predicted molar refractivity (Wildman–Crippen MR) is 49.2 cm³/mol. The normalized spacial score (nSPS) is 14.1. The van der Waals surface area contributed by atoms with E-state index in [0.29, 0.717) is 0 Å². The predicted octanol–water partition coefficient (Wildman–Crippen LogP) is 3.00. The lowest BCUT2D eigenvalue weighted by Gasteiger charge is -2.14. The maximum absolute atomic E-state index is 12.1. The zero-order valence-electron chi connectivity index (χ0n) is 7.38. The minimum Gasteiger partial charge on any atom is -0.379 e. The lowest BCUT2D eigenvalue weighted by molar-refractivity contribution is -0.206. The fourth-order valence-corrected chi connectivity index (χ4v) is 1.38. The molecule has 0 aliphatic carbocycles. The number of aliphatic hydroxyl groups excluding tert-OH is 1. The molecule has 1 rings (SSSR count). The molecule has 1 nitrogen and oxygen atoms in total. The van der Waals surface area contributed by atoms with Gasteiger partial charge in [0.15, 0.2) is 6.10 Å². The number of halogens is 3. The summed E-state index contributed by atoms with van der Waals surface area (Å²) >= 11 is 1.43. The number of alkyl halides is 3. The minimum atomic E-state index is -4.60. The molecular weight excluding hydrogens is 213 g/mol. The summed E-state index contributed by atoms with van der Waals surface area (Å²) in [6.45, 7) is 0. The van der Waals surface area contributed by atoms with Gasteiger partial charge in [0, 0.05) is 4.90 Å². The largest absolute Gasteiger partial charge is 0.418 e. The maximum atomic E-state index is 12.1. The van der Waals surface area contributed by atoms with Crippen molar-refractivity contribution in [2.24, 2.45) is 0 Å². The number of aliphatic hydroxyl groups is 1. The van der Waals surface area contributed by atoms with Gasteiger partial charge in [-0.25, -0.2) is 0 Å². The molecule has 0 spiro atoms. The zero-order valence-corrected chi connectivity index (χ0v) is 8.19. The maximum Gasteiger partial charge on any atom is 0.418 e. The van der Waals surface area contributed by atoms with Crippen molar-refractivity contribution in [1.82, 2.24) is 0 Å². The van der Waals surface area contributed by atoms with Crippen LogP contribution in [0.1, 0.15) is 11.7 Å². The zero-order chi connectivity index (χ0) is 10.8. The van der Waals surface area contributed by atoms with E-state index < -0.39 is 12.3 Å². The van der Waals surface area contributed by atoms with E-state index in [-0.39, 0.29) is 5.56 Å². The molecule has 0 saturated carbocycles. The lowest BCUT2D eigenvalue weighted by Crippen LogP contribution is -2.19. The van der Waals surface area contributed by atoms with Crippen molar-refractivity contribution in [3.63, 3.8) is 0 Å². The van der Waals surface area contributed by atoms with Crippen LogP contribution in [0.5, 0.6) is 0 Å². The van der Waals surface area contributed by atoms with Gasteiger partial charge in [-0.1, -0.05) is 12.1 Å². The SMILES string of the molecule is CSc1ccc([C@@H](O)C(F)(F)F)cc1. The first kappa shape index (κ1) is 11.4. The van der Waals surface area contributed by atoms with Gasteiger partial charge < -0.3 is 5.11 Å². The van der Waals surface area contributed by atoms with E-state index in [2.05, 4.69) is 0 Å². The molecule has 0 aromatic heterocycles. The fraction of sp³-hybridized carbons (Fsp3) is 0.333. The van der Waals surface area contributed by atoms with Crippen LogP contribution in [-0.4, -0.2) is 17.5 Å². The van der Waals surface area contributed by atoms with E-state index in [1.54, 1.807) is 12.1 Å². The highest BCUT2D eigenvalue weighted by Gasteiger charge is 2.39. The van der Waals surface area contributed by atoms with Crippen LogP contribution in [0, 0.1) is 0 Å². The van der Waals surface area contributed by atoms with Crippen molar-refractivity contribution >= 4 is 11.8 Å². The third-order valence-electron chi connectivity index (χ3n) is 1.74. The molecule has 1 N–H and O–H groups in total. The molecule has 1 aromatic rings. The molecular formula is C9H9F3OS. The second-order valence-electron chi connectivity index (χ2n) is 2.72. The Labute approximate surface area is 83.9 Å². The molecule has 14 heavy (non-hydrogen) atoms. The highest BCUT2D eigenvalue weighted by molar-refractivity contribution is 7.98. The van der Waals surface area contributed by atoms with E-state index in [1.807, 2.05) is 6.26 Å². The highest BCUT2D eigenvalue weighted by Crippen LogP contribution is 2.32. The van der Waals surface area contributed by atoms with Crippen LogP contribution in [0.3, 0.4) is 0 Å². The molecule has 0 bridgehead atoms. The van der Waals surface area contributed by atoms with Gasteiger partial charge in [0.1, 0.15) is 0 Å². The first-order valence-corrected chi connectivity index (χ1v) is 5.06. The average Bonchev–Trinajstić information content (AvgIpc) is 2.15. The van der Waals surface area contributed by atoms with Gasteiger partial charge in [-0.2, -0.15) is 13.2 Å². The Morgan fingerprint density at radius 2 is 1.71 bits per heavy atom. The summed E-state index contributed by atoms with van der Waals surface area (Å²) in [7, 11) is 0. The third kappa shape index (κ3) is 2.65. The minimum absolute atomic E-state index is 0.129. The van der Waals surface area contributed by atoms with Crippen LogP contribution in [0.2, 0.25) is 0 Å². The van der Waals surface area contributed by atoms with Crippen molar-refractivity contribution in [1.29, 1.82) is 0 Å². The first-order valence-electron chi connectivity index (χ1n) is 3.84. The number of rotatable bonds is 2. The summed E-state index contributed by atoms with van der Waals surface area (Å²) in [6.07, 6.45) is -5.16. The second-order valence-corrected chi connectivity index (χ2v) is 3.60. The number of benzene rings is 1. The topological polar surface area (TPSA) is 20.2 Å². The Morgan fingerprint density at radius 1 is 1.21 bits per heavy atom. The average molecular weight is 222 g/mol. The molecule has 0 aliphatic rings. The summed E-state index contributed by atoms with van der Waals surface area (Å²) in [4.78, 5) is 0.864. The lowest BCUT2D eigenvalue weighted by atomic mass is 10.1. The van der Waals surface area contributed by atoms with Crippen LogP contribution < -0.4 is 0 Å². The van der Waals surface area contributed by atoms with Crippen molar-refractivity contribution in [3.05, 3.63) is 29.8 Å². The van der Waals surface area contributed by atoms with E-state index in [4.69, 9.17) is 5.11 Å². The third-order valence-corrected chi connectivity index (χ3v) is 2.49. The molecule has 0 saturated heterocycles. The fourth-order valence-electron chi connectivity index (χ4n) is 0.975. The van der Waals surface area contributed by atoms with Gasteiger partial charge in [-0.05, 0) is 24.0 Å². The van der Waals surface area contributed by atoms with Crippen LogP contribution >= 0.6 is 11.8 Å². The Bertz CT molecular complexity index is 294. The molecule has 0 unspecified atom stereocenters. The van der Waals surface area contributed by atoms with Gasteiger partial charge in [0.25, 0.3) is 0 Å². The molecule has 0 radical (unpaired) electrons. The van der Waals surface area contributed by atoms with Crippen LogP contribution in [0.25, 0.3) is 0 Å². The second kappa shape index (κ2) is 4.23. The molecule has 1 aromatic carbocycles. The van der Waals surface area contributed by atoms with Crippen molar-refractivity contribution in [3.8, 4) is 0 Å². The quantitative estimate of drug-likeness (QED) is 0.776. The summed E-state index contributed by atoms with van der Waals surface area (Å²) in [5.74, 6) is 0. The molecule has 0 amide bonds. The first-order chi connectivity index (χ1) is 6.45. The van der Waals surface area contributed by atoms with Crippen molar-refractivity contribution in [2.45, 2.75) is 17.2 Å². The number of hydrogen-bond acceptors (Lipinski definition) is 2. The van der Waals surface area contributed by atoms with E-state index in [0.717, 1.165) is 4.90 Å². The Hall–Kier alpha value is -0.680. The Kier molecular flexibility index (Phi) is 3.44. The molecule has 1 atom stereocenters. The summed E-state index contributed by atoms with van der Waals surface area (Å²) in [5, 5.41) is 8.89. The summed E-state index contributed by atoms with van der Waals surface area (Å²) < 4.78 is 36.2. The molecule has 0 fully saturated rings. The summed E-state index contributed by atoms with van der Waals surface area (Å²) in [5.41, 5.74) is -0.129. The smallest absolute Gasteiger partial charge is 0.379 e. The number of thioether (sulfide) groups is 1. The molecule has 0 aliphatic heterocycles. The van der Waals surface area contributed by atoms with Crippen molar-refractivity contribution in [2.75, 3.05) is 6.26 Å². The standard InChI is InChI=1S/C9H9F3OS/c1-14-7-4-2-6(3-5-7)8(13)9(10,11)12/h2-5,8,13H,1H3/t8-/m1/s1. The van der Waals surface area contributed by atoms with Crippen LogP contribution in [0.15, 0.2) is 29.2 Å². The number of hydrogen-bond donors (Lipinski definition) is 1. The molecule has 78 valence electrons. The van der Waals surface area contributed by atoms with Crippen molar-refractivity contribution < 1.29 is 18.3 Å². The van der Waals surface area contributed by atoms with E-state index in [9.17, 15) is 13.2 Å². The molecule has 5 heteroatoms. The Balaban J connectivity index is 2.87. The van der Waals surface area contributed by atoms with Crippen LogP contribution in [0.4, 0.5) is 13.2 Å². The van der Waals surface area contributed by atoms with Gasteiger partial charge in [-0.15, -0.1) is 11.8 Å². The van der Waals surface area contributed by atoms with Gasteiger partial charge in [0.05, 0.1) is 0 Å². The Morgan fingerprint density at radius 3 is 2.07 bits per heavy atom. The monoisotopic (exact) mass is 222 g/mol. The highest BCUT2D eigenvalue weighted by atomic mass is 32.2. The van der Waals surface area contributed by atoms with Gasteiger partial charge in [0.2, 0.25) is 0 Å². The van der Waals surface area contributed by atoms with Gasteiger partial charge in [-0.3, -0.25) is 0 Å². The van der Waals surface area contributed by atoms with Gasteiger partial charge >= 0.3 is 6.18 Å².